The molecule has 8 heterocycles. The van der Waals surface area contributed by atoms with E-state index in [0.717, 1.165) is 71.4 Å². The maximum absolute atomic E-state index is 13.9. The molecule has 2 aliphatic heterocycles. The number of fused-ring (bicyclic) bond motifs is 4. The number of pyridine rings is 4. The maximum Gasteiger partial charge on any atom is 0.255 e. The van der Waals surface area contributed by atoms with E-state index in [9.17, 15) is 19.2 Å². The normalized spacial score (nSPS) is 15.1. The Bertz CT molecular complexity index is 3950. The van der Waals surface area contributed by atoms with Crippen molar-refractivity contribution in [2.24, 2.45) is 14.1 Å². The zero-order valence-corrected chi connectivity index (χ0v) is 48.0. The fraction of sp³-hybridized carbons (Fsp3) is 0.206. The SMILES string of the molecule is Cc1ccc(Cc2nn(C)c3cc(CN4C(=O)c5ccc(Cl)cc5CC(=O)[C@H]4Cc4ccccn4)ccc23)nc1.Cc1ccc(N)nc1.Cn1nc(Br)c2ccc(CN3C(=O)c4ccc(Cl)cc4CC(=O)[C@H]3Cc3ccccn3)cc21. The molecular formula is C63H56BrCl2N11O4. The smallest absolute Gasteiger partial charge is 0.255 e. The summed E-state index contributed by atoms with van der Waals surface area (Å²) in [5.74, 6) is 0.152. The van der Waals surface area contributed by atoms with E-state index in [2.05, 4.69) is 53.1 Å². The Morgan fingerprint density at radius 3 is 1.54 bits per heavy atom. The second-order valence-corrected chi connectivity index (χ2v) is 21.9. The molecule has 0 radical (unpaired) electrons. The van der Waals surface area contributed by atoms with E-state index in [4.69, 9.17) is 34.0 Å². The summed E-state index contributed by atoms with van der Waals surface area (Å²) in [5.41, 5.74) is 17.1. The molecule has 10 aromatic rings. The molecule has 18 heteroatoms. The van der Waals surface area contributed by atoms with Crippen molar-refractivity contribution in [3.05, 3.63) is 240 Å². The number of hydrogen-bond donors (Lipinski definition) is 1. The Labute approximate surface area is 486 Å². The number of rotatable bonds is 10. The highest BCUT2D eigenvalue weighted by molar-refractivity contribution is 9.10. The summed E-state index contributed by atoms with van der Waals surface area (Å²) in [4.78, 5) is 75.3. The van der Waals surface area contributed by atoms with Crippen molar-refractivity contribution >= 4 is 90.1 Å². The largest absolute Gasteiger partial charge is 0.384 e. The summed E-state index contributed by atoms with van der Waals surface area (Å²) in [7, 11) is 3.80. The fourth-order valence-electron chi connectivity index (χ4n) is 10.2. The molecule has 81 heavy (non-hydrogen) atoms. The van der Waals surface area contributed by atoms with E-state index in [1.54, 1.807) is 75.5 Å². The Hall–Kier alpha value is -8.44. The molecule has 0 saturated heterocycles. The van der Waals surface area contributed by atoms with Gasteiger partial charge in [-0.25, -0.2) is 4.98 Å². The van der Waals surface area contributed by atoms with Gasteiger partial charge in [0.05, 0.1) is 28.8 Å². The Kier molecular flexibility index (Phi) is 16.9. The zero-order chi connectivity index (χ0) is 56.9. The summed E-state index contributed by atoms with van der Waals surface area (Å²) >= 11 is 15.9. The van der Waals surface area contributed by atoms with Gasteiger partial charge < -0.3 is 15.5 Å². The van der Waals surface area contributed by atoms with Gasteiger partial charge in [0.1, 0.15) is 10.4 Å². The van der Waals surface area contributed by atoms with Crippen molar-refractivity contribution in [2.45, 2.75) is 71.1 Å². The third kappa shape index (κ3) is 12.9. The lowest BCUT2D eigenvalue weighted by molar-refractivity contribution is -0.123. The lowest BCUT2D eigenvalue weighted by atomic mass is 9.99. The number of hydrogen-bond acceptors (Lipinski definition) is 11. The molecular weight excluding hydrogens is 1130 g/mol. The molecule has 6 aromatic heterocycles. The van der Waals surface area contributed by atoms with Gasteiger partial charge in [-0.05, 0) is 154 Å². The molecule has 15 nitrogen and oxygen atoms in total. The molecule has 12 rings (SSSR count). The Balaban J connectivity index is 0.000000162. The number of ketones is 2. The minimum Gasteiger partial charge on any atom is -0.384 e. The van der Waals surface area contributed by atoms with Crippen LogP contribution in [0.3, 0.4) is 0 Å². The number of Topliss-reactive ketones (excluding diaryl/α,β-unsaturated/α-hetero) is 2. The quantitative estimate of drug-likeness (QED) is 0.137. The van der Waals surface area contributed by atoms with E-state index in [-0.39, 0.29) is 42.8 Å². The molecule has 408 valence electrons. The summed E-state index contributed by atoms with van der Waals surface area (Å²) in [6, 6.07) is 40.1. The van der Waals surface area contributed by atoms with Crippen molar-refractivity contribution in [2.75, 3.05) is 5.73 Å². The number of nitrogens with zero attached hydrogens (tertiary/aromatic N) is 10. The molecule has 2 amide bonds. The highest BCUT2D eigenvalue weighted by atomic mass is 79.9. The highest BCUT2D eigenvalue weighted by Gasteiger charge is 2.37. The number of benzene rings is 4. The predicted octanol–water partition coefficient (Wildman–Crippen LogP) is 11.0. The van der Waals surface area contributed by atoms with Crippen LogP contribution in [0.1, 0.15) is 76.9 Å². The second-order valence-electron chi connectivity index (χ2n) is 20.3. The van der Waals surface area contributed by atoms with E-state index >= 15 is 0 Å². The van der Waals surface area contributed by atoms with Gasteiger partial charge in [-0.2, -0.15) is 10.2 Å². The van der Waals surface area contributed by atoms with Gasteiger partial charge >= 0.3 is 0 Å². The van der Waals surface area contributed by atoms with E-state index < -0.39 is 12.1 Å². The number of nitrogen functional groups attached to an aromatic ring is 1. The third-order valence-corrected chi connectivity index (χ3v) is 15.5. The minimum absolute atomic E-state index is 0.0284. The van der Waals surface area contributed by atoms with Gasteiger partial charge in [0.2, 0.25) is 0 Å². The van der Waals surface area contributed by atoms with Crippen molar-refractivity contribution in [3.8, 4) is 0 Å². The Morgan fingerprint density at radius 2 is 1.06 bits per heavy atom. The monoisotopic (exact) mass is 1180 g/mol. The molecule has 2 N–H and O–H groups in total. The molecule has 4 aromatic carbocycles. The molecule has 2 aliphatic rings. The maximum atomic E-state index is 13.9. The number of carbonyl (C=O) groups excluding carboxylic acids is 4. The minimum atomic E-state index is -0.654. The second kappa shape index (κ2) is 24.5. The predicted molar refractivity (Wildman–Crippen MR) is 318 cm³/mol. The lowest BCUT2D eigenvalue weighted by Crippen LogP contribution is -2.44. The number of aryl methyl sites for hydroxylation is 4. The number of amides is 2. The molecule has 0 aliphatic carbocycles. The van der Waals surface area contributed by atoms with Crippen LogP contribution in [0.2, 0.25) is 10.0 Å². The van der Waals surface area contributed by atoms with Gasteiger partial charge in [0.15, 0.2) is 11.6 Å². The molecule has 0 fully saturated rings. The van der Waals surface area contributed by atoms with Crippen molar-refractivity contribution in [1.29, 1.82) is 0 Å². The van der Waals surface area contributed by atoms with Crippen molar-refractivity contribution < 1.29 is 19.2 Å². The van der Waals surface area contributed by atoms with E-state index in [1.165, 1.54) is 0 Å². The van der Waals surface area contributed by atoms with Crippen LogP contribution >= 0.6 is 39.1 Å². The van der Waals surface area contributed by atoms with Crippen LogP contribution in [-0.2, 0) is 68.9 Å². The highest BCUT2D eigenvalue weighted by Crippen LogP contribution is 2.31. The Morgan fingerprint density at radius 1 is 0.556 bits per heavy atom. The van der Waals surface area contributed by atoms with Crippen molar-refractivity contribution in [3.63, 3.8) is 0 Å². The zero-order valence-electron chi connectivity index (χ0n) is 44.9. The van der Waals surface area contributed by atoms with Crippen LogP contribution in [0.4, 0.5) is 5.82 Å². The number of nitrogens with two attached hydrogens (primary N) is 1. The first-order valence-corrected chi connectivity index (χ1v) is 27.8. The van der Waals surface area contributed by atoms with Gasteiger partial charge in [-0.15, -0.1) is 0 Å². The van der Waals surface area contributed by atoms with Gasteiger partial charge in [-0.1, -0.05) is 65.7 Å². The van der Waals surface area contributed by atoms with Gasteiger partial charge in [0, 0.05) is 133 Å². The van der Waals surface area contributed by atoms with Crippen LogP contribution in [-0.4, -0.2) is 84.8 Å². The average Bonchev–Trinajstić information content (AvgIpc) is 4.16. The van der Waals surface area contributed by atoms with Crippen LogP contribution in [0.15, 0.2) is 163 Å². The molecule has 0 spiro atoms. The summed E-state index contributed by atoms with van der Waals surface area (Å²) in [5, 5.41) is 12.2. The van der Waals surface area contributed by atoms with Gasteiger partial charge in [-0.3, -0.25) is 43.5 Å². The first kappa shape index (κ1) is 55.9. The van der Waals surface area contributed by atoms with E-state index in [1.807, 2.05) is 118 Å². The third-order valence-electron chi connectivity index (χ3n) is 14.4. The first-order chi connectivity index (χ1) is 39.0. The number of halogens is 3. The average molecular weight is 1180 g/mol. The number of aromatic nitrogens is 8. The first-order valence-electron chi connectivity index (χ1n) is 26.2. The van der Waals surface area contributed by atoms with E-state index in [0.29, 0.717) is 63.9 Å². The van der Waals surface area contributed by atoms with Gasteiger partial charge in [0.25, 0.3) is 11.8 Å². The van der Waals surface area contributed by atoms with Crippen LogP contribution in [0.5, 0.6) is 0 Å². The molecule has 0 unspecified atom stereocenters. The summed E-state index contributed by atoms with van der Waals surface area (Å²) in [6.45, 7) is 4.57. The summed E-state index contributed by atoms with van der Waals surface area (Å²) < 4.78 is 4.42. The topological polar surface area (TPSA) is 188 Å². The standard InChI is InChI=1S/C32H28ClN5O2.C25H20BrClN4O2.C6H8N2/c1-20-6-9-25(35-18-20)16-28-27-10-7-21(13-29(27)37(2)36-28)19-38-30(17-24-5-3-4-12-34-24)31(39)15-22-14-23(33)8-11-26(22)32(38)40;1-30-21-10-15(5-7-20(21)24(26)29-30)14-31-22(13-18-4-2-3-9-28-18)23(32)12-16-11-17(27)6-8-19(16)25(31)33;1-5-2-3-6(7)8-4-5/h3-14,18,30H,15-17,19H2,1-2H3;2-11,22H,12-14H2,1H3;2-4H,1H3,(H2,7,8)/t30-;22-;/m11./s1. The molecule has 0 saturated carbocycles. The summed E-state index contributed by atoms with van der Waals surface area (Å²) in [6.07, 6.45) is 8.64. The molecule has 0 bridgehead atoms. The van der Waals surface area contributed by atoms with Crippen LogP contribution in [0.25, 0.3) is 21.8 Å². The molecule has 2 atom stereocenters. The fourth-order valence-corrected chi connectivity index (χ4v) is 11.2. The number of carbonyl (C=O) groups is 4. The number of anilines is 1. The van der Waals surface area contributed by atoms with Crippen LogP contribution in [0, 0.1) is 13.8 Å². The van der Waals surface area contributed by atoms with Crippen LogP contribution < -0.4 is 5.73 Å². The van der Waals surface area contributed by atoms with Crippen molar-refractivity contribution in [1.82, 2.24) is 49.3 Å². The lowest BCUT2D eigenvalue weighted by Gasteiger charge is -2.29.